The van der Waals surface area contributed by atoms with Crippen LogP contribution in [0.3, 0.4) is 0 Å². The fraction of sp³-hybridized carbons (Fsp3) is 0.188. The van der Waals surface area contributed by atoms with Crippen molar-refractivity contribution in [2.75, 3.05) is 5.73 Å². The standard InChI is InChI=1S/C6H5NO2.C5H5N5.C5H10N2O3/c8-6(9)5-2-1-3-7-4-5;6-4-3-5(9-1-7-3)10-2-8-4;6-3(5(9)10)1-2-4(7)8/h1-4H,(H,8,9);1-2H,(H3,6,7,8,9,10);3H,1-2,6H2,(H2,7,8)(H,9,10)/t;;3-/m..0/s1. The molecule has 3 heterocycles. The second kappa shape index (κ2) is 11.6. The van der Waals surface area contributed by atoms with Crippen LogP contribution < -0.4 is 17.2 Å². The number of pyridine rings is 1. The molecule has 29 heavy (non-hydrogen) atoms. The highest BCUT2D eigenvalue weighted by Gasteiger charge is 2.11. The number of nitrogens with one attached hydrogen (secondary N) is 1. The van der Waals surface area contributed by atoms with Gasteiger partial charge >= 0.3 is 11.9 Å². The summed E-state index contributed by atoms with van der Waals surface area (Å²) in [5.41, 5.74) is 16.8. The van der Waals surface area contributed by atoms with E-state index in [9.17, 15) is 14.4 Å². The van der Waals surface area contributed by atoms with Crippen molar-refractivity contribution >= 4 is 34.8 Å². The van der Waals surface area contributed by atoms with E-state index in [2.05, 4.69) is 24.9 Å². The maximum Gasteiger partial charge on any atom is 0.337 e. The topological polar surface area (TPSA) is 237 Å². The summed E-state index contributed by atoms with van der Waals surface area (Å²) in [6.07, 6.45) is 5.89. The number of hydrogen-bond acceptors (Lipinski definition) is 9. The van der Waals surface area contributed by atoms with Crippen molar-refractivity contribution in [3.8, 4) is 0 Å². The lowest BCUT2D eigenvalue weighted by atomic mass is 10.2. The Labute approximate surface area is 164 Å². The number of carboxylic acids is 2. The number of primary amides is 1. The molecule has 13 heteroatoms. The molecule has 3 aromatic rings. The molecule has 0 bridgehead atoms. The summed E-state index contributed by atoms with van der Waals surface area (Å²) in [6, 6.07) is 2.10. The van der Waals surface area contributed by atoms with Gasteiger partial charge in [0.15, 0.2) is 11.5 Å². The number of amides is 1. The Morgan fingerprint density at radius 1 is 1.17 bits per heavy atom. The summed E-state index contributed by atoms with van der Waals surface area (Å²) >= 11 is 0. The van der Waals surface area contributed by atoms with Crippen LogP contribution in [0.25, 0.3) is 11.2 Å². The molecule has 3 rings (SSSR count). The van der Waals surface area contributed by atoms with Gasteiger partial charge in [0.1, 0.15) is 17.9 Å². The van der Waals surface area contributed by atoms with Crippen LogP contribution in [0.1, 0.15) is 23.2 Å². The molecule has 0 aliphatic heterocycles. The normalized spacial score (nSPS) is 10.7. The molecule has 1 amide bonds. The molecule has 0 aliphatic rings. The number of aromatic nitrogens is 5. The Morgan fingerprint density at radius 2 is 1.90 bits per heavy atom. The van der Waals surface area contributed by atoms with Gasteiger partial charge in [-0.05, 0) is 18.6 Å². The van der Waals surface area contributed by atoms with Crippen LogP contribution in [0.15, 0.2) is 37.2 Å². The molecule has 154 valence electrons. The van der Waals surface area contributed by atoms with E-state index in [-0.39, 0.29) is 18.4 Å². The predicted molar refractivity (Wildman–Crippen MR) is 101 cm³/mol. The number of carbonyl (C=O) groups is 3. The molecule has 0 saturated heterocycles. The summed E-state index contributed by atoms with van der Waals surface area (Å²) in [4.78, 5) is 48.3. The van der Waals surface area contributed by atoms with Gasteiger partial charge in [-0.25, -0.2) is 19.7 Å². The highest BCUT2D eigenvalue weighted by molar-refractivity contribution is 5.87. The highest BCUT2D eigenvalue weighted by atomic mass is 16.4. The number of anilines is 1. The van der Waals surface area contributed by atoms with Crippen LogP contribution in [-0.2, 0) is 9.59 Å². The Bertz CT molecular complexity index is 947. The molecule has 0 aliphatic carbocycles. The lowest BCUT2D eigenvalue weighted by molar-refractivity contribution is -0.138. The van der Waals surface area contributed by atoms with Gasteiger partial charge in [0.05, 0.1) is 11.9 Å². The number of nitrogens with zero attached hydrogens (tertiary/aromatic N) is 4. The Hall–Kier alpha value is -4.13. The van der Waals surface area contributed by atoms with Crippen molar-refractivity contribution in [3.05, 3.63) is 42.7 Å². The van der Waals surface area contributed by atoms with E-state index >= 15 is 0 Å². The summed E-state index contributed by atoms with van der Waals surface area (Å²) in [5, 5.41) is 16.6. The molecule has 9 N–H and O–H groups in total. The number of hydrogen-bond donors (Lipinski definition) is 6. The van der Waals surface area contributed by atoms with Crippen LogP contribution in [0.5, 0.6) is 0 Å². The van der Waals surface area contributed by atoms with Crippen LogP contribution in [0.2, 0.25) is 0 Å². The maximum atomic E-state index is 10.2. The van der Waals surface area contributed by atoms with E-state index < -0.39 is 23.9 Å². The first-order valence-corrected chi connectivity index (χ1v) is 8.02. The van der Waals surface area contributed by atoms with E-state index in [0.29, 0.717) is 17.0 Å². The first-order valence-electron chi connectivity index (χ1n) is 8.02. The molecular formula is C16H20N8O5. The third kappa shape index (κ3) is 8.40. The highest BCUT2D eigenvalue weighted by Crippen LogP contribution is 2.09. The fourth-order valence-electron chi connectivity index (χ4n) is 1.69. The SMILES string of the molecule is NC(=O)CC[C@H](N)C(=O)O.Nc1ncnc2nc[nH]c12.O=C(O)c1cccnc1. The van der Waals surface area contributed by atoms with Crippen molar-refractivity contribution < 1.29 is 24.6 Å². The first-order chi connectivity index (χ1) is 13.7. The average molecular weight is 404 g/mol. The zero-order valence-electron chi connectivity index (χ0n) is 15.1. The van der Waals surface area contributed by atoms with E-state index in [1.807, 2.05) is 0 Å². The van der Waals surface area contributed by atoms with Gasteiger partial charge < -0.3 is 32.4 Å². The van der Waals surface area contributed by atoms with Gasteiger partial charge in [0.25, 0.3) is 0 Å². The number of rotatable bonds is 5. The largest absolute Gasteiger partial charge is 0.480 e. The number of carbonyl (C=O) groups excluding carboxylic acids is 1. The smallest absolute Gasteiger partial charge is 0.337 e. The predicted octanol–water partition coefficient (Wildman–Crippen LogP) is -0.621. The minimum atomic E-state index is -1.11. The number of aromatic carboxylic acids is 1. The molecule has 0 unspecified atom stereocenters. The van der Waals surface area contributed by atoms with E-state index in [1.165, 1.54) is 31.1 Å². The van der Waals surface area contributed by atoms with Crippen LogP contribution in [0.4, 0.5) is 5.82 Å². The molecule has 0 radical (unpaired) electrons. The lowest BCUT2D eigenvalue weighted by Gasteiger charge is -2.01. The monoisotopic (exact) mass is 404 g/mol. The van der Waals surface area contributed by atoms with E-state index in [0.717, 1.165) is 0 Å². The Kier molecular flexibility index (Phi) is 9.13. The number of carboxylic acid groups (broad SMARTS) is 2. The van der Waals surface area contributed by atoms with Crippen molar-refractivity contribution in [1.29, 1.82) is 0 Å². The third-order valence-corrected chi connectivity index (χ3v) is 3.18. The summed E-state index contributed by atoms with van der Waals surface area (Å²) in [5.74, 6) is -2.15. The lowest BCUT2D eigenvalue weighted by Crippen LogP contribution is -2.31. The van der Waals surface area contributed by atoms with Crippen LogP contribution >= 0.6 is 0 Å². The minimum Gasteiger partial charge on any atom is -0.480 e. The molecule has 13 nitrogen and oxygen atoms in total. The number of aliphatic carboxylic acids is 1. The van der Waals surface area contributed by atoms with Crippen LogP contribution in [0, 0.1) is 0 Å². The van der Waals surface area contributed by atoms with E-state index in [4.69, 9.17) is 27.4 Å². The molecule has 0 aromatic carbocycles. The van der Waals surface area contributed by atoms with Crippen molar-refractivity contribution in [3.63, 3.8) is 0 Å². The van der Waals surface area contributed by atoms with Gasteiger partial charge in [0.2, 0.25) is 5.91 Å². The number of H-pyrrole nitrogens is 1. The average Bonchev–Trinajstić information content (AvgIpc) is 3.18. The first kappa shape index (κ1) is 22.9. The zero-order chi connectivity index (χ0) is 21.8. The second-order valence-corrected chi connectivity index (χ2v) is 5.36. The Morgan fingerprint density at radius 3 is 2.38 bits per heavy atom. The second-order valence-electron chi connectivity index (χ2n) is 5.36. The third-order valence-electron chi connectivity index (χ3n) is 3.18. The van der Waals surface area contributed by atoms with E-state index in [1.54, 1.807) is 6.07 Å². The maximum absolute atomic E-state index is 10.2. The van der Waals surface area contributed by atoms with Gasteiger partial charge in [-0.2, -0.15) is 0 Å². The molecular weight excluding hydrogens is 384 g/mol. The summed E-state index contributed by atoms with van der Waals surface area (Å²) in [7, 11) is 0. The van der Waals surface area contributed by atoms with Crippen LogP contribution in [-0.4, -0.2) is 59.0 Å². The van der Waals surface area contributed by atoms with Gasteiger partial charge in [0, 0.05) is 18.8 Å². The summed E-state index contributed by atoms with van der Waals surface area (Å²) in [6.45, 7) is 0. The molecule has 3 aromatic heterocycles. The van der Waals surface area contributed by atoms with Gasteiger partial charge in [-0.15, -0.1) is 0 Å². The van der Waals surface area contributed by atoms with Gasteiger partial charge in [-0.3, -0.25) is 14.6 Å². The number of fused-ring (bicyclic) bond motifs is 1. The van der Waals surface area contributed by atoms with Crippen molar-refractivity contribution in [2.45, 2.75) is 18.9 Å². The van der Waals surface area contributed by atoms with Crippen molar-refractivity contribution in [1.82, 2.24) is 24.9 Å². The molecule has 0 saturated carbocycles. The Balaban J connectivity index is 0.000000218. The molecule has 1 atom stereocenters. The number of nitrogens with two attached hydrogens (primary N) is 3. The van der Waals surface area contributed by atoms with Crippen molar-refractivity contribution in [2.24, 2.45) is 11.5 Å². The molecule has 0 spiro atoms. The zero-order valence-corrected chi connectivity index (χ0v) is 15.1. The fourth-order valence-corrected chi connectivity index (χ4v) is 1.69. The minimum absolute atomic E-state index is 0.0213. The summed E-state index contributed by atoms with van der Waals surface area (Å²) < 4.78 is 0. The quantitative estimate of drug-likeness (QED) is 0.313. The molecule has 0 fully saturated rings. The number of aromatic amines is 1. The number of imidazole rings is 1. The number of nitrogen functional groups attached to an aromatic ring is 1. The van der Waals surface area contributed by atoms with Gasteiger partial charge in [-0.1, -0.05) is 0 Å².